The number of carboxylic acid groups (broad SMARTS) is 1. The molecule has 0 aromatic heterocycles. The minimum Gasteiger partial charge on any atom is -0.478 e. The summed E-state index contributed by atoms with van der Waals surface area (Å²) in [5.74, 6) is -1.16. The summed E-state index contributed by atoms with van der Waals surface area (Å²) >= 11 is 17.6. The maximum absolute atomic E-state index is 11.4. The molecule has 9 heteroatoms. The summed E-state index contributed by atoms with van der Waals surface area (Å²) in [4.78, 5) is 11.4. The van der Waals surface area contributed by atoms with Crippen molar-refractivity contribution in [3.05, 3.63) is 34.9 Å². The van der Waals surface area contributed by atoms with E-state index in [4.69, 9.17) is 24.4 Å². The van der Waals surface area contributed by atoms with Crippen LogP contribution in [0.5, 0.6) is 0 Å². The molecule has 0 saturated carbocycles. The molecule has 1 atom stereocenters. The first-order valence-electron chi connectivity index (χ1n) is 6.26. The van der Waals surface area contributed by atoms with Crippen LogP contribution in [0, 0.1) is 0 Å². The highest BCUT2D eigenvalue weighted by molar-refractivity contribution is 8.11. The second kappa shape index (κ2) is 8.11. The topological polar surface area (TPSA) is 81.6 Å². The van der Waals surface area contributed by atoms with Gasteiger partial charge in [-0.3, -0.25) is 0 Å². The van der Waals surface area contributed by atoms with Gasteiger partial charge in [0.05, 0.1) is 12.1 Å². The summed E-state index contributed by atoms with van der Waals surface area (Å²) in [6.07, 6.45) is 0.687. The van der Waals surface area contributed by atoms with E-state index in [1.54, 1.807) is 12.1 Å². The minimum absolute atomic E-state index is 0.0209. The standard InChI is InChI=1S/C13H16N2O3S4/c1-2-7-3-4-8(10(16)17)9(5-7)13(18,15-12(21)22)6-14-11(19)20/h3-5,18H,2,6H2,1H3,(H,16,17)(H2,14,19,20)(H2,15,21,22). The van der Waals surface area contributed by atoms with Crippen LogP contribution in [0.3, 0.4) is 0 Å². The smallest absolute Gasteiger partial charge is 0.336 e. The van der Waals surface area contributed by atoms with Crippen molar-refractivity contribution in [2.24, 2.45) is 0 Å². The van der Waals surface area contributed by atoms with E-state index in [2.05, 4.69) is 35.9 Å². The number of thiocarbonyl (C=S) groups is 2. The van der Waals surface area contributed by atoms with Crippen molar-refractivity contribution in [3.8, 4) is 0 Å². The molecule has 0 aliphatic carbocycles. The van der Waals surface area contributed by atoms with Gasteiger partial charge in [-0.25, -0.2) is 4.79 Å². The first kappa shape index (κ1) is 19.2. The van der Waals surface area contributed by atoms with Crippen LogP contribution in [-0.4, -0.2) is 31.4 Å². The van der Waals surface area contributed by atoms with E-state index < -0.39 is 11.7 Å². The Bertz CT molecular complexity index is 609. The SMILES string of the molecule is CCc1ccc(C(=O)O)c(C(O)(CNC(=S)S)NC(=S)S)c1. The Morgan fingerprint density at radius 2 is 1.95 bits per heavy atom. The quantitative estimate of drug-likeness (QED) is 0.256. The lowest BCUT2D eigenvalue weighted by Crippen LogP contribution is -2.52. The minimum atomic E-state index is -1.79. The van der Waals surface area contributed by atoms with Gasteiger partial charge in [-0.2, -0.15) is 0 Å². The van der Waals surface area contributed by atoms with Crippen molar-refractivity contribution in [2.75, 3.05) is 6.54 Å². The molecule has 120 valence electrons. The van der Waals surface area contributed by atoms with Gasteiger partial charge in [-0.1, -0.05) is 43.5 Å². The van der Waals surface area contributed by atoms with Crippen LogP contribution in [0.15, 0.2) is 18.2 Å². The molecule has 0 aliphatic heterocycles. The van der Waals surface area contributed by atoms with Crippen LogP contribution in [0.25, 0.3) is 0 Å². The number of thiol groups is 2. The number of aryl methyl sites for hydroxylation is 1. The van der Waals surface area contributed by atoms with Crippen molar-refractivity contribution in [2.45, 2.75) is 19.1 Å². The molecule has 22 heavy (non-hydrogen) atoms. The maximum Gasteiger partial charge on any atom is 0.336 e. The third kappa shape index (κ3) is 5.10. The molecule has 0 aliphatic rings. The van der Waals surface area contributed by atoms with E-state index in [9.17, 15) is 15.0 Å². The Kier molecular flexibility index (Phi) is 7.07. The van der Waals surface area contributed by atoms with Gasteiger partial charge in [0.2, 0.25) is 0 Å². The Labute approximate surface area is 150 Å². The summed E-state index contributed by atoms with van der Waals surface area (Å²) in [7, 11) is 0. The van der Waals surface area contributed by atoms with E-state index in [1.165, 1.54) is 6.07 Å². The lowest BCUT2D eigenvalue weighted by molar-refractivity contribution is 0.0249. The van der Waals surface area contributed by atoms with Crippen molar-refractivity contribution >= 4 is 64.3 Å². The van der Waals surface area contributed by atoms with Crippen LogP contribution in [0.1, 0.15) is 28.4 Å². The molecular formula is C13H16N2O3S4. The van der Waals surface area contributed by atoms with E-state index in [0.29, 0.717) is 6.42 Å². The number of benzene rings is 1. The largest absolute Gasteiger partial charge is 0.478 e. The van der Waals surface area contributed by atoms with Crippen molar-refractivity contribution in [1.29, 1.82) is 0 Å². The number of nitrogens with one attached hydrogen (secondary N) is 2. The molecule has 0 amide bonds. The first-order valence-corrected chi connectivity index (χ1v) is 7.97. The zero-order chi connectivity index (χ0) is 16.9. The maximum atomic E-state index is 11.4. The number of carbonyl (C=O) groups is 1. The van der Waals surface area contributed by atoms with Crippen LogP contribution in [0.4, 0.5) is 0 Å². The fraction of sp³-hybridized carbons (Fsp3) is 0.308. The van der Waals surface area contributed by atoms with Gasteiger partial charge in [0.1, 0.15) is 8.64 Å². The average Bonchev–Trinajstić information content (AvgIpc) is 2.43. The molecular weight excluding hydrogens is 360 g/mol. The van der Waals surface area contributed by atoms with Crippen molar-refractivity contribution < 1.29 is 15.0 Å². The monoisotopic (exact) mass is 376 g/mol. The zero-order valence-corrected chi connectivity index (χ0v) is 15.1. The van der Waals surface area contributed by atoms with Crippen molar-refractivity contribution in [3.63, 3.8) is 0 Å². The fourth-order valence-electron chi connectivity index (χ4n) is 1.93. The molecule has 0 saturated heterocycles. The van der Waals surface area contributed by atoms with E-state index in [1.807, 2.05) is 6.92 Å². The molecule has 1 rings (SSSR count). The van der Waals surface area contributed by atoms with E-state index >= 15 is 0 Å². The number of rotatable bonds is 6. The van der Waals surface area contributed by atoms with Gasteiger partial charge in [-0.15, -0.1) is 25.3 Å². The number of aromatic carboxylic acids is 1. The summed E-state index contributed by atoms with van der Waals surface area (Å²) in [6.45, 7) is 1.81. The second-order valence-electron chi connectivity index (χ2n) is 4.49. The number of hydrogen-bond donors (Lipinski definition) is 6. The van der Waals surface area contributed by atoms with E-state index in [-0.39, 0.29) is 26.3 Å². The highest BCUT2D eigenvalue weighted by atomic mass is 32.1. The van der Waals surface area contributed by atoms with Gasteiger partial charge >= 0.3 is 5.97 Å². The third-order valence-electron chi connectivity index (χ3n) is 2.98. The Hall–Kier alpha value is -0.870. The van der Waals surface area contributed by atoms with Gasteiger partial charge in [0, 0.05) is 5.56 Å². The zero-order valence-electron chi connectivity index (χ0n) is 11.7. The van der Waals surface area contributed by atoms with Crippen LogP contribution < -0.4 is 10.6 Å². The molecule has 0 radical (unpaired) electrons. The molecule has 0 fully saturated rings. The van der Waals surface area contributed by atoms with Gasteiger partial charge < -0.3 is 20.8 Å². The fourth-order valence-corrected chi connectivity index (χ4v) is 2.43. The molecule has 0 spiro atoms. The number of carboxylic acids is 1. The third-order valence-corrected chi connectivity index (χ3v) is 3.49. The molecule has 1 unspecified atom stereocenters. The van der Waals surface area contributed by atoms with Crippen LogP contribution in [-0.2, 0) is 12.1 Å². The summed E-state index contributed by atoms with van der Waals surface area (Å²) in [6, 6.07) is 4.76. The van der Waals surface area contributed by atoms with E-state index in [0.717, 1.165) is 5.56 Å². The summed E-state index contributed by atoms with van der Waals surface area (Å²) in [5.41, 5.74) is -0.778. The Morgan fingerprint density at radius 3 is 2.41 bits per heavy atom. The Morgan fingerprint density at radius 1 is 1.32 bits per heavy atom. The second-order valence-corrected chi connectivity index (χ2v) is 6.80. The lowest BCUT2D eigenvalue weighted by Gasteiger charge is -2.31. The highest BCUT2D eigenvalue weighted by Gasteiger charge is 2.34. The summed E-state index contributed by atoms with van der Waals surface area (Å²) < 4.78 is 0.182. The molecule has 5 nitrogen and oxygen atoms in total. The summed E-state index contributed by atoms with van der Waals surface area (Å²) in [5, 5.41) is 25.5. The first-order chi connectivity index (χ1) is 10.2. The van der Waals surface area contributed by atoms with Gasteiger partial charge in [-0.05, 0) is 18.1 Å². The molecule has 0 heterocycles. The number of aliphatic hydroxyl groups is 1. The van der Waals surface area contributed by atoms with Crippen molar-refractivity contribution in [1.82, 2.24) is 10.6 Å². The Balaban J connectivity index is 3.41. The molecule has 4 N–H and O–H groups in total. The van der Waals surface area contributed by atoms with Crippen LogP contribution in [0.2, 0.25) is 0 Å². The lowest BCUT2D eigenvalue weighted by atomic mass is 9.93. The van der Waals surface area contributed by atoms with Crippen LogP contribution >= 0.6 is 49.7 Å². The van der Waals surface area contributed by atoms with Gasteiger partial charge in [0.15, 0.2) is 5.72 Å². The average molecular weight is 377 g/mol. The predicted molar refractivity (Wildman–Crippen MR) is 101 cm³/mol. The van der Waals surface area contributed by atoms with Gasteiger partial charge in [0.25, 0.3) is 0 Å². The molecule has 1 aromatic rings. The highest BCUT2D eigenvalue weighted by Crippen LogP contribution is 2.25. The normalized spacial score (nSPS) is 13.1. The predicted octanol–water partition coefficient (Wildman–Crippen LogP) is 1.70. The molecule has 1 aromatic carbocycles. The number of hydrogen-bond acceptors (Lipinski definition) is 4. The molecule has 0 bridgehead atoms.